The summed E-state index contributed by atoms with van der Waals surface area (Å²) in [5.41, 5.74) is 0.882. The molecule has 1 aromatic rings. The normalized spacial score (nSPS) is 22.8. The fourth-order valence-corrected chi connectivity index (χ4v) is 3.87. The molecule has 0 saturated carbocycles. The smallest absolute Gasteiger partial charge is 0.478 e. The molecule has 0 aliphatic carbocycles. The van der Waals surface area contributed by atoms with Crippen LogP contribution in [0.4, 0.5) is 0 Å². The van der Waals surface area contributed by atoms with Gasteiger partial charge in [-0.15, -0.1) is 0 Å². The van der Waals surface area contributed by atoms with Gasteiger partial charge in [-0.3, -0.25) is 0 Å². The van der Waals surface area contributed by atoms with Gasteiger partial charge in [-0.1, -0.05) is 25.5 Å². The third-order valence-corrected chi connectivity index (χ3v) is 5.50. The van der Waals surface area contributed by atoms with E-state index in [-0.39, 0.29) is 23.4 Å². The highest BCUT2D eigenvalue weighted by molar-refractivity contribution is 7.39. The first kappa shape index (κ1) is 19.0. The SMILES string of the molecule is CCCCC([C@@H]1CN[C@H](Cc2cccc(C(=O)O)c2)CO1)[P+](=O)O. The molecule has 1 aliphatic rings. The Morgan fingerprint density at radius 1 is 1.50 bits per heavy atom. The zero-order valence-corrected chi connectivity index (χ0v) is 14.7. The number of nitrogens with one attached hydrogen (secondary N) is 1. The zero-order chi connectivity index (χ0) is 17.5. The largest absolute Gasteiger partial charge is 0.511 e. The van der Waals surface area contributed by atoms with E-state index in [9.17, 15) is 14.3 Å². The zero-order valence-electron chi connectivity index (χ0n) is 13.9. The van der Waals surface area contributed by atoms with Crippen molar-refractivity contribution in [3.63, 3.8) is 0 Å². The summed E-state index contributed by atoms with van der Waals surface area (Å²) in [4.78, 5) is 20.5. The van der Waals surface area contributed by atoms with E-state index in [2.05, 4.69) is 12.2 Å². The predicted octanol–water partition coefficient (Wildman–Crippen LogP) is 2.58. The number of aromatic carboxylic acids is 1. The second-order valence-electron chi connectivity index (χ2n) is 6.20. The van der Waals surface area contributed by atoms with Gasteiger partial charge in [0.25, 0.3) is 0 Å². The molecule has 0 spiro atoms. The number of carboxylic acid groups (broad SMARTS) is 1. The van der Waals surface area contributed by atoms with Crippen LogP contribution >= 0.6 is 8.03 Å². The van der Waals surface area contributed by atoms with Crippen LogP contribution in [0.25, 0.3) is 0 Å². The number of rotatable bonds is 8. The quantitative estimate of drug-likeness (QED) is 0.621. The molecule has 7 heteroatoms. The second kappa shape index (κ2) is 9.23. The molecule has 0 bridgehead atoms. The first-order valence-electron chi connectivity index (χ1n) is 8.33. The molecule has 132 valence electrons. The van der Waals surface area contributed by atoms with E-state index in [4.69, 9.17) is 9.84 Å². The fourth-order valence-electron chi connectivity index (χ4n) is 2.99. The van der Waals surface area contributed by atoms with Crippen molar-refractivity contribution in [3.8, 4) is 0 Å². The Kier molecular flexibility index (Phi) is 7.31. The van der Waals surface area contributed by atoms with Gasteiger partial charge in [0.15, 0.2) is 0 Å². The van der Waals surface area contributed by atoms with Crippen molar-refractivity contribution in [1.82, 2.24) is 5.32 Å². The summed E-state index contributed by atoms with van der Waals surface area (Å²) in [6.07, 6.45) is 3.02. The molecule has 6 nitrogen and oxygen atoms in total. The lowest BCUT2D eigenvalue weighted by atomic mass is 10.0. The molecular formula is C17H25NO5P+. The summed E-state index contributed by atoms with van der Waals surface area (Å²) >= 11 is 0. The minimum Gasteiger partial charge on any atom is -0.478 e. The molecule has 4 atom stereocenters. The molecule has 24 heavy (non-hydrogen) atoms. The standard InChI is InChI=1S/C17H24NO5P/c1-2-3-7-16(24(21)22)15-10-18-14(11-23-15)9-12-5-4-6-13(8-12)17(19)20/h4-6,8,14-16,18H,2-3,7,9-11H2,1H3,(H-,19,20,21,22)/p+1/t14-,15+,16?/m1/s1. The Labute approximate surface area is 143 Å². The summed E-state index contributed by atoms with van der Waals surface area (Å²) < 4.78 is 17.4. The average molecular weight is 354 g/mol. The number of ether oxygens (including phenoxy) is 1. The first-order chi connectivity index (χ1) is 11.5. The molecule has 0 aromatic heterocycles. The molecular weight excluding hydrogens is 329 g/mol. The van der Waals surface area contributed by atoms with Crippen molar-refractivity contribution >= 4 is 14.0 Å². The summed E-state index contributed by atoms with van der Waals surface area (Å²) in [6.45, 7) is 3.05. The van der Waals surface area contributed by atoms with Crippen LogP contribution in [0.5, 0.6) is 0 Å². The van der Waals surface area contributed by atoms with Crippen LogP contribution in [-0.2, 0) is 15.7 Å². The van der Waals surface area contributed by atoms with Crippen LogP contribution in [0.15, 0.2) is 24.3 Å². The summed E-state index contributed by atoms with van der Waals surface area (Å²) in [7, 11) is -2.25. The molecule has 1 fully saturated rings. The van der Waals surface area contributed by atoms with E-state index >= 15 is 0 Å². The maximum atomic E-state index is 11.6. The molecule has 3 N–H and O–H groups in total. The van der Waals surface area contributed by atoms with Gasteiger partial charge in [-0.05, 0) is 41.5 Å². The van der Waals surface area contributed by atoms with Crippen LogP contribution in [0.3, 0.4) is 0 Å². The topological polar surface area (TPSA) is 95.9 Å². The van der Waals surface area contributed by atoms with Crippen LogP contribution < -0.4 is 5.32 Å². The number of hydrogen-bond donors (Lipinski definition) is 3. The molecule has 2 rings (SSSR count). The molecule has 1 saturated heterocycles. The maximum Gasteiger partial charge on any atom is 0.511 e. The monoisotopic (exact) mass is 354 g/mol. The highest BCUT2D eigenvalue weighted by atomic mass is 31.1. The second-order valence-corrected chi connectivity index (χ2v) is 7.47. The molecule has 1 heterocycles. The Balaban J connectivity index is 1.89. The van der Waals surface area contributed by atoms with Crippen LogP contribution in [0.1, 0.15) is 42.1 Å². The molecule has 1 aliphatic heterocycles. The minimum absolute atomic E-state index is 0.0775. The van der Waals surface area contributed by atoms with Gasteiger partial charge in [0.2, 0.25) is 5.66 Å². The number of unbranched alkanes of at least 4 members (excludes halogenated alkanes) is 1. The Bertz CT molecular complexity index is 572. The van der Waals surface area contributed by atoms with Gasteiger partial charge in [-0.25, -0.2) is 4.79 Å². The van der Waals surface area contributed by atoms with Crippen molar-refractivity contribution in [3.05, 3.63) is 35.4 Å². The number of morpholine rings is 1. The lowest BCUT2D eigenvalue weighted by Gasteiger charge is -2.31. The van der Waals surface area contributed by atoms with E-state index in [1.807, 2.05) is 6.07 Å². The molecule has 0 radical (unpaired) electrons. The van der Waals surface area contributed by atoms with E-state index in [0.29, 0.717) is 26.0 Å². The fraction of sp³-hybridized carbons (Fsp3) is 0.588. The highest BCUT2D eigenvalue weighted by Crippen LogP contribution is 2.32. The van der Waals surface area contributed by atoms with Gasteiger partial charge in [-0.2, -0.15) is 4.89 Å². The van der Waals surface area contributed by atoms with Crippen LogP contribution in [0, 0.1) is 0 Å². The van der Waals surface area contributed by atoms with Crippen molar-refractivity contribution in [2.75, 3.05) is 13.2 Å². The van der Waals surface area contributed by atoms with E-state index in [1.54, 1.807) is 18.2 Å². The third-order valence-electron chi connectivity index (χ3n) is 4.34. The molecule has 0 amide bonds. The van der Waals surface area contributed by atoms with E-state index in [1.165, 1.54) is 0 Å². The summed E-state index contributed by atoms with van der Waals surface area (Å²) in [6, 6.07) is 6.96. The van der Waals surface area contributed by atoms with E-state index < -0.39 is 14.0 Å². The Hall–Kier alpha value is -1.33. The van der Waals surface area contributed by atoms with E-state index in [0.717, 1.165) is 18.4 Å². The maximum absolute atomic E-state index is 11.6. The van der Waals surface area contributed by atoms with Crippen molar-refractivity contribution in [2.45, 2.75) is 50.4 Å². The number of benzene rings is 1. The highest BCUT2D eigenvalue weighted by Gasteiger charge is 2.39. The van der Waals surface area contributed by atoms with Crippen molar-refractivity contribution < 1.29 is 24.1 Å². The van der Waals surface area contributed by atoms with Gasteiger partial charge in [0.05, 0.1) is 12.2 Å². The Morgan fingerprint density at radius 2 is 2.29 bits per heavy atom. The van der Waals surface area contributed by atoms with Crippen LogP contribution in [0.2, 0.25) is 0 Å². The van der Waals surface area contributed by atoms with Gasteiger partial charge in [0, 0.05) is 12.6 Å². The Morgan fingerprint density at radius 3 is 2.88 bits per heavy atom. The first-order valence-corrected chi connectivity index (χ1v) is 9.62. The average Bonchev–Trinajstić information content (AvgIpc) is 2.56. The molecule has 1 aromatic carbocycles. The van der Waals surface area contributed by atoms with Gasteiger partial charge >= 0.3 is 14.0 Å². The number of hydrogen-bond acceptors (Lipinski definition) is 4. The third kappa shape index (κ3) is 5.35. The summed E-state index contributed by atoms with van der Waals surface area (Å²) in [5.74, 6) is -0.935. The summed E-state index contributed by atoms with van der Waals surface area (Å²) in [5, 5.41) is 12.4. The van der Waals surface area contributed by atoms with Crippen LogP contribution in [-0.4, -0.2) is 46.9 Å². The molecule has 2 unspecified atom stereocenters. The lowest BCUT2D eigenvalue weighted by Crippen LogP contribution is -2.50. The predicted molar refractivity (Wildman–Crippen MR) is 91.8 cm³/mol. The number of carboxylic acids is 1. The minimum atomic E-state index is -2.25. The lowest BCUT2D eigenvalue weighted by molar-refractivity contribution is -0.0000402. The number of carbonyl (C=O) groups is 1. The van der Waals surface area contributed by atoms with Gasteiger partial charge < -0.3 is 15.2 Å². The van der Waals surface area contributed by atoms with Gasteiger partial charge in [0.1, 0.15) is 6.10 Å². The van der Waals surface area contributed by atoms with Crippen molar-refractivity contribution in [2.24, 2.45) is 0 Å². The van der Waals surface area contributed by atoms with Crippen molar-refractivity contribution in [1.29, 1.82) is 0 Å².